The Labute approximate surface area is 111 Å². The fourth-order valence-electron chi connectivity index (χ4n) is 2.32. The second kappa shape index (κ2) is 4.65. The SMILES string of the molecule is CCc1c(-c2cc(N)ncn2)ccc2cccnc12. The van der Waals surface area contributed by atoms with Gasteiger partial charge in [-0.05, 0) is 18.1 Å². The lowest BCUT2D eigenvalue weighted by Gasteiger charge is -2.10. The number of nitrogens with two attached hydrogens (primary N) is 1. The van der Waals surface area contributed by atoms with Crippen LogP contribution in [0.3, 0.4) is 0 Å². The van der Waals surface area contributed by atoms with E-state index in [1.165, 1.54) is 11.9 Å². The van der Waals surface area contributed by atoms with Crippen molar-refractivity contribution >= 4 is 16.7 Å². The summed E-state index contributed by atoms with van der Waals surface area (Å²) in [5.41, 5.74) is 9.87. The summed E-state index contributed by atoms with van der Waals surface area (Å²) < 4.78 is 0. The highest BCUT2D eigenvalue weighted by Crippen LogP contribution is 2.28. The molecule has 0 amide bonds. The molecular formula is C15H14N4. The number of aryl methyl sites for hydroxylation is 1. The number of aromatic nitrogens is 3. The summed E-state index contributed by atoms with van der Waals surface area (Å²) >= 11 is 0. The smallest absolute Gasteiger partial charge is 0.127 e. The second-order valence-corrected chi connectivity index (χ2v) is 4.35. The van der Waals surface area contributed by atoms with Gasteiger partial charge in [-0.15, -0.1) is 0 Å². The van der Waals surface area contributed by atoms with E-state index in [1.807, 2.05) is 12.3 Å². The summed E-state index contributed by atoms with van der Waals surface area (Å²) in [6.45, 7) is 2.12. The highest BCUT2D eigenvalue weighted by Gasteiger charge is 2.10. The van der Waals surface area contributed by atoms with Gasteiger partial charge >= 0.3 is 0 Å². The lowest BCUT2D eigenvalue weighted by Crippen LogP contribution is -1.96. The van der Waals surface area contributed by atoms with E-state index >= 15 is 0 Å². The van der Waals surface area contributed by atoms with Gasteiger partial charge in [-0.2, -0.15) is 0 Å². The fourth-order valence-corrected chi connectivity index (χ4v) is 2.32. The first kappa shape index (κ1) is 11.6. The zero-order chi connectivity index (χ0) is 13.2. The predicted octanol–water partition coefficient (Wildman–Crippen LogP) is 2.84. The summed E-state index contributed by atoms with van der Waals surface area (Å²) in [4.78, 5) is 12.7. The van der Waals surface area contributed by atoms with Crippen LogP contribution in [-0.4, -0.2) is 15.0 Å². The zero-order valence-electron chi connectivity index (χ0n) is 10.7. The first-order valence-corrected chi connectivity index (χ1v) is 6.24. The van der Waals surface area contributed by atoms with Gasteiger partial charge in [-0.3, -0.25) is 4.98 Å². The van der Waals surface area contributed by atoms with Crippen LogP contribution in [0.15, 0.2) is 42.9 Å². The van der Waals surface area contributed by atoms with Gasteiger partial charge in [-0.25, -0.2) is 9.97 Å². The molecule has 0 atom stereocenters. The van der Waals surface area contributed by atoms with Gasteiger partial charge in [0.2, 0.25) is 0 Å². The summed E-state index contributed by atoms with van der Waals surface area (Å²) in [5.74, 6) is 0.480. The average molecular weight is 250 g/mol. The summed E-state index contributed by atoms with van der Waals surface area (Å²) in [5, 5.41) is 1.14. The Balaban J connectivity index is 2.29. The van der Waals surface area contributed by atoms with E-state index in [0.717, 1.165) is 28.6 Å². The Kier molecular flexibility index (Phi) is 2.83. The largest absolute Gasteiger partial charge is 0.384 e. The second-order valence-electron chi connectivity index (χ2n) is 4.35. The molecular weight excluding hydrogens is 236 g/mol. The van der Waals surface area contributed by atoms with Gasteiger partial charge in [0.25, 0.3) is 0 Å². The van der Waals surface area contributed by atoms with Crippen LogP contribution in [-0.2, 0) is 6.42 Å². The number of hydrogen-bond donors (Lipinski definition) is 1. The molecule has 0 saturated carbocycles. The minimum Gasteiger partial charge on any atom is -0.384 e. The van der Waals surface area contributed by atoms with E-state index in [1.54, 1.807) is 6.07 Å². The van der Waals surface area contributed by atoms with Gasteiger partial charge in [-0.1, -0.05) is 25.1 Å². The lowest BCUT2D eigenvalue weighted by atomic mass is 9.98. The minimum atomic E-state index is 0.480. The maximum absolute atomic E-state index is 5.73. The minimum absolute atomic E-state index is 0.480. The van der Waals surface area contributed by atoms with Crippen LogP contribution in [0.1, 0.15) is 12.5 Å². The van der Waals surface area contributed by atoms with Crippen LogP contribution >= 0.6 is 0 Å². The van der Waals surface area contributed by atoms with Crippen molar-refractivity contribution in [3.8, 4) is 11.3 Å². The Morgan fingerprint density at radius 3 is 2.79 bits per heavy atom. The Morgan fingerprint density at radius 2 is 2.00 bits per heavy atom. The van der Waals surface area contributed by atoms with Crippen LogP contribution < -0.4 is 5.73 Å². The standard InChI is InChI=1S/C15H14N4/c1-2-11-12(13-8-14(16)19-9-18-13)6-5-10-4-3-7-17-15(10)11/h3-9H,2H2,1H3,(H2,16,18,19). The number of pyridine rings is 1. The molecule has 0 saturated heterocycles. The molecule has 0 aliphatic carbocycles. The molecule has 3 aromatic rings. The molecule has 4 nitrogen and oxygen atoms in total. The molecule has 0 bridgehead atoms. The molecule has 2 N–H and O–H groups in total. The van der Waals surface area contributed by atoms with Crippen molar-refractivity contribution in [2.45, 2.75) is 13.3 Å². The Hall–Kier alpha value is -2.49. The van der Waals surface area contributed by atoms with Crippen molar-refractivity contribution in [2.24, 2.45) is 0 Å². The van der Waals surface area contributed by atoms with E-state index in [4.69, 9.17) is 5.73 Å². The first-order valence-electron chi connectivity index (χ1n) is 6.24. The van der Waals surface area contributed by atoms with Crippen molar-refractivity contribution in [3.05, 3.63) is 48.4 Å². The van der Waals surface area contributed by atoms with Crippen molar-refractivity contribution in [2.75, 3.05) is 5.73 Å². The van der Waals surface area contributed by atoms with E-state index in [9.17, 15) is 0 Å². The molecule has 4 heteroatoms. The summed E-state index contributed by atoms with van der Waals surface area (Å²) in [6.07, 6.45) is 4.21. The zero-order valence-corrected chi connectivity index (χ0v) is 10.7. The molecule has 0 unspecified atom stereocenters. The summed E-state index contributed by atoms with van der Waals surface area (Å²) in [6, 6.07) is 9.95. The third-order valence-corrected chi connectivity index (χ3v) is 3.20. The normalized spacial score (nSPS) is 10.8. The quantitative estimate of drug-likeness (QED) is 0.759. The third kappa shape index (κ3) is 2.01. The topological polar surface area (TPSA) is 64.7 Å². The average Bonchev–Trinajstić information content (AvgIpc) is 2.46. The molecule has 94 valence electrons. The van der Waals surface area contributed by atoms with Gasteiger partial charge in [0.05, 0.1) is 11.2 Å². The predicted molar refractivity (Wildman–Crippen MR) is 76.6 cm³/mol. The number of rotatable bonds is 2. The molecule has 2 heterocycles. The monoisotopic (exact) mass is 250 g/mol. The van der Waals surface area contributed by atoms with E-state index in [2.05, 4.69) is 40.1 Å². The highest BCUT2D eigenvalue weighted by atomic mass is 14.9. The molecule has 19 heavy (non-hydrogen) atoms. The van der Waals surface area contributed by atoms with Crippen molar-refractivity contribution in [1.29, 1.82) is 0 Å². The molecule has 0 radical (unpaired) electrons. The molecule has 0 fully saturated rings. The molecule has 0 aliphatic heterocycles. The number of benzene rings is 1. The third-order valence-electron chi connectivity index (χ3n) is 3.20. The van der Waals surface area contributed by atoms with Crippen molar-refractivity contribution < 1.29 is 0 Å². The maximum atomic E-state index is 5.73. The Bertz CT molecular complexity index is 737. The number of fused-ring (bicyclic) bond motifs is 1. The van der Waals surface area contributed by atoms with E-state index in [0.29, 0.717) is 5.82 Å². The van der Waals surface area contributed by atoms with Gasteiger partial charge in [0.1, 0.15) is 12.1 Å². The number of nitrogen functional groups attached to an aromatic ring is 1. The molecule has 0 spiro atoms. The van der Waals surface area contributed by atoms with Crippen molar-refractivity contribution in [3.63, 3.8) is 0 Å². The van der Waals surface area contributed by atoms with E-state index in [-0.39, 0.29) is 0 Å². The molecule has 1 aromatic carbocycles. The van der Waals surface area contributed by atoms with Crippen LogP contribution in [0.25, 0.3) is 22.2 Å². The van der Waals surface area contributed by atoms with E-state index < -0.39 is 0 Å². The summed E-state index contributed by atoms with van der Waals surface area (Å²) in [7, 11) is 0. The van der Waals surface area contributed by atoms with Crippen LogP contribution in [0.5, 0.6) is 0 Å². The fraction of sp³-hybridized carbons (Fsp3) is 0.133. The molecule has 0 aliphatic rings. The molecule has 2 aromatic heterocycles. The maximum Gasteiger partial charge on any atom is 0.127 e. The van der Waals surface area contributed by atoms with Crippen LogP contribution in [0.2, 0.25) is 0 Å². The molecule has 3 rings (SSSR count). The number of anilines is 1. The van der Waals surface area contributed by atoms with Crippen molar-refractivity contribution in [1.82, 2.24) is 15.0 Å². The lowest BCUT2D eigenvalue weighted by molar-refractivity contribution is 1.13. The van der Waals surface area contributed by atoms with Gasteiger partial charge < -0.3 is 5.73 Å². The highest BCUT2D eigenvalue weighted by molar-refractivity contribution is 5.88. The van der Waals surface area contributed by atoms with Crippen LogP contribution in [0, 0.1) is 0 Å². The number of hydrogen-bond acceptors (Lipinski definition) is 4. The Morgan fingerprint density at radius 1 is 1.11 bits per heavy atom. The first-order chi connectivity index (χ1) is 9.29. The van der Waals surface area contributed by atoms with Gasteiger partial charge in [0, 0.05) is 23.2 Å². The van der Waals surface area contributed by atoms with Crippen LogP contribution in [0.4, 0.5) is 5.82 Å². The van der Waals surface area contributed by atoms with Gasteiger partial charge in [0.15, 0.2) is 0 Å². The number of nitrogens with zero attached hydrogens (tertiary/aromatic N) is 3.